The van der Waals surface area contributed by atoms with E-state index >= 15 is 0 Å². The van der Waals surface area contributed by atoms with Crippen molar-refractivity contribution in [3.05, 3.63) is 64.7 Å². The maximum absolute atomic E-state index is 12.8. The van der Waals surface area contributed by atoms with Crippen LogP contribution in [-0.4, -0.2) is 38.4 Å². The fourth-order valence-electron chi connectivity index (χ4n) is 3.14. The average molecular weight is 429 g/mol. The number of carbonyl (C=O) groups excluding carboxylic acids is 1. The molecule has 7 heteroatoms. The van der Waals surface area contributed by atoms with Crippen molar-refractivity contribution in [3.8, 4) is 11.4 Å². The van der Waals surface area contributed by atoms with Gasteiger partial charge in [-0.2, -0.15) is 0 Å². The van der Waals surface area contributed by atoms with Gasteiger partial charge >= 0.3 is 0 Å². The molecule has 1 aromatic heterocycles. The lowest BCUT2D eigenvalue weighted by atomic mass is 10.1. The first kappa shape index (κ1) is 21.4. The molecule has 3 aromatic rings. The van der Waals surface area contributed by atoms with Crippen LogP contribution in [0.4, 0.5) is 0 Å². The Labute approximate surface area is 181 Å². The molecule has 0 saturated carbocycles. The number of aromatic nitrogens is 3. The summed E-state index contributed by atoms with van der Waals surface area (Å²) >= 11 is 7.50. The largest absolute Gasteiger partial charge is 0.338 e. The number of nitrogens with zero attached hydrogens (tertiary/aromatic N) is 4. The molecule has 0 bridgehead atoms. The second-order valence-corrected chi connectivity index (χ2v) is 8.27. The first-order valence-corrected chi connectivity index (χ1v) is 10.9. The summed E-state index contributed by atoms with van der Waals surface area (Å²) in [6.45, 7) is 6.86. The van der Waals surface area contributed by atoms with Crippen LogP contribution in [0, 0.1) is 6.92 Å². The summed E-state index contributed by atoms with van der Waals surface area (Å²) in [5, 5.41) is 10.1. The predicted molar refractivity (Wildman–Crippen MR) is 119 cm³/mol. The molecular weight excluding hydrogens is 404 g/mol. The number of halogens is 1. The standard InChI is InChI=1S/C22H25ClN4OS/c1-5-27-21(19-12-7-6-9-15(19)2)24-25-22(27)29-14-20(28)26(4)16(3)17-10-8-11-18(23)13-17/h6-13,16H,5,14H2,1-4H3. The van der Waals surface area contributed by atoms with Crippen LogP contribution >= 0.6 is 23.4 Å². The summed E-state index contributed by atoms with van der Waals surface area (Å²) in [7, 11) is 1.82. The van der Waals surface area contributed by atoms with Gasteiger partial charge in [0.15, 0.2) is 11.0 Å². The van der Waals surface area contributed by atoms with E-state index in [1.807, 2.05) is 56.4 Å². The quantitative estimate of drug-likeness (QED) is 0.483. The van der Waals surface area contributed by atoms with Gasteiger partial charge in [-0.15, -0.1) is 10.2 Å². The lowest BCUT2D eigenvalue weighted by Crippen LogP contribution is -2.31. The maximum atomic E-state index is 12.8. The zero-order chi connectivity index (χ0) is 21.0. The summed E-state index contributed by atoms with van der Waals surface area (Å²) in [6.07, 6.45) is 0. The number of thioether (sulfide) groups is 1. The number of aryl methyl sites for hydroxylation is 1. The summed E-state index contributed by atoms with van der Waals surface area (Å²) in [5.41, 5.74) is 3.22. The molecule has 0 radical (unpaired) electrons. The molecule has 0 fully saturated rings. The van der Waals surface area contributed by atoms with Gasteiger partial charge in [0.1, 0.15) is 0 Å². The second-order valence-electron chi connectivity index (χ2n) is 6.89. The predicted octanol–water partition coefficient (Wildman–Crippen LogP) is 5.24. The summed E-state index contributed by atoms with van der Waals surface area (Å²) in [5.74, 6) is 1.17. The smallest absolute Gasteiger partial charge is 0.233 e. The van der Waals surface area contributed by atoms with Crippen molar-refractivity contribution in [2.24, 2.45) is 0 Å². The number of rotatable bonds is 7. The van der Waals surface area contributed by atoms with Crippen LogP contribution in [0.15, 0.2) is 53.7 Å². The van der Waals surface area contributed by atoms with Crippen molar-refractivity contribution in [2.45, 2.75) is 38.5 Å². The summed E-state index contributed by atoms with van der Waals surface area (Å²) in [4.78, 5) is 14.5. The Morgan fingerprint density at radius 2 is 1.97 bits per heavy atom. The molecule has 1 unspecified atom stereocenters. The van der Waals surface area contributed by atoms with Gasteiger partial charge in [-0.25, -0.2) is 0 Å². The topological polar surface area (TPSA) is 51.0 Å². The summed E-state index contributed by atoms with van der Waals surface area (Å²) < 4.78 is 2.06. The maximum Gasteiger partial charge on any atom is 0.233 e. The van der Waals surface area contributed by atoms with E-state index in [2.05, 4.69) is 34.7 Å². The second kappa shape index (κ2) is 9.46. The highest BCUT2D eigenvalue weighted by molar-refractivity contribution is 7.99. The Hall–Kier alpha value is -2.31. The molecule has 0 aliphatic carbocycles. The molecule has 1 atom stereocenters. The minimum absolute atomic E-state index is 0.0329. The van der Waals surface area contributed by atoms with E-state index in [9.17, 15) is 4.79 Å². The number of amides is 1. The van der Waals surface area contributed by atoms with Crippen LogP contribution in [0.1, 0.15) is 31.0 Å². The summed E-state index contributed by atoms with van der Waals surface area (Å²) in [6, 6.07) is 15.7. The zero-order valence-electron chi connectivity index (χ0n) is 17.1. The van der Waals surface area contributed by atoms with E-state index in [0.29, 0.717) is 10.8 Å². The first-order valence-electron chi connectivity index (χ1n) is 9.55. The third kappa shape index (κ3) is 4.82. The lowest BCUT2D eigenvalue weighted by Gasteiger charge is -2.25. The van der Waals surface area contributed by atoms with Gasteiger partial charge in [0.2, 0.25) is 5.91 Å². The molecule has 1 heterocycles. The Morgan fingerprint density at radius 1 is 1.21 bits per heavy atom. The molecule has 1 amide bonds. The molecule has 2 aromatic carbocycles. The van der Waals surface area contributed by atoms with Crippen molar-refractivity contribution in [2.75, 3.05) is 12.8 Å². The van der Waals surface area contributed by atoms with E-state index in [-0.39, 0.29) is 11.9 Å². The average Bonchev–Trinajstić information content (AvgIpc) is 3.13. The SMILES string of the molecule is CCn1c(SCC(=O)N(C)C(C)c2cccc(Cl)c2)nnc1-c1ccccc1C. The Morgan fingerprint density at radius 3 is 2.66 bits per heavy atom. The number of hydrogen-bond acceptors (Lipinski definition) is 4. The van der Waals surface area contributed by atoms with Crippen molar-refractivity contribution >= 4 is 29.3 Å². The fourth-order valence-corrected chi connectivity index (χ4v) is 4.26. The third-order valence-corrected chi connectivity index (χ3v) is 6.24. The molecular formula is C22H25ClN4OS. The third-order valence-electron chi connectivity index (χ3n) is 5.05. The zero-order valence-corrected chi connectivity index (χ0v) is 18.7. The van der Waals surface area contributed by atoms with Crippen LogP contribution in [0.25, 0.3) is 11.4 Å². The molecule has 29 heavy (non-hydrogen) atoms. The van der Waals surface area contributed by atoms with Crippen LogP contribution in [0.5, 0.6) is 0 Å². The minimum atomic E-state index is -0.0617. The van der Waals surface area contributed by atoms with Crippen LogP contribution in [-0.2, 0) is 11.3 Å². The number of benzene rings is 2. The van der Waals surface area contributed by atoms with E-state index < -0.39 is 0 Å². The van der Waals surface area contributed by atoms with Crippen molar-refractivity contribution in [1.29, 1.82) is 0 Å². The Bertz CT molecular complexity index is 1000. The monoisotopic (exact) mass is 428 g/mol. The number of carbonyl (C=O) groups is 1. The van der Waals surface area contributed by atoms with Crippen molar-refractivity contribution in [1.82, 2.24) is 19.7 Å². The first-order chi connectivity index (χ1) is 13.9. The van der Waals surface area contributed by atoms with E-state index in [1.54, 1.807) is 4.90 Å². The molecule has 0 aliphatic heterocycles. The normalized spacial score (nSPS) is 12.0. The fraction of sp³-hybridized carbons (Fsp3) is 0.318. The highest BCUT2D eigenvalue weighted by Gasteiger charge is 2.20. The molecule has 0 N–H and O–H groups in total. The molecule has 152 valence electrons. The molecule has 3 rings (SSSR count). The van der Waals surface area contributed by atoms with Gasteiger partial charge in [0, 0.05) is 24.2 Å². The van der Waals surface area contributed by atoms with Crippen molar-refractivity contribution < 1.29 is 4.79 Å². The van der Waals surface area contributed by atoms with E-state index in [1.165, 1.54) is 11.8 Å². The van der Waals surface area contributed by atoms with Crippen LogP contribution < -0.4 is 0 Å². The molecule has 0 saturated heterocycles. The highest BCUT2D eigenvalue weighted by atomic mass is 35.5. The van der Waals surface area contributed by atoms with Gasteiger partial charge in [0.25, 0.3) is 0 Å². The van der Waals surface area contributed by atoms with Crippen molar-refractivity contribution in [3.63, 3.8) is 0 Å². The molecule has 0 spiro atoms. The number of hydrogen-bond donors (Lipinski definition) is 0. The molecule has 0 aliphatic rings. The Kier molecular flexibility index (Phi) is 6.98. The van der Waals surface area contributed by atoms with Crippen LogP contribution in [0.2, 0.25) is 5.02 Å². The van der Waals surface area contributed by atoms with E-state index in [4.69, 9.17) is 11.6 Å². The van der Waals surface area contributed by atoms with Gasteiger partial charge in [0.05, 0.1) is 11.8 Å². The highest BCUT2D eigenvalue weighted by Crippen LogP contribution is 2.27. The van der Waals surface area contributed by atoms with E-state index in [0.717, 1.165) is 34.2 Å². The van der Waals surface area contributed by atoms with Gasteiger partial charge < -0.3 is 9.47 Å². The van der Waals surface area contributed by atoms with Gasteiger partial charge in [-0.05, 0) is 44.0 Å². The van der Waals surface area contributed by atoms with Gasteiger partial charge in [-0.3, -0.25) is 4.79 Å². The minimum Gasteiger partial charge on any atom is -0.338 e. The van der Waals surface area contributed by atoms with Crippen LogP contribution in [0.3, 0.4) is 0 Å². The molecule has 5 nitrogen and oxygen atoms in total. The Balaban J connectivity index is 1.71. The van der Waals surface area contributed by atoms with Gasteiger partial charge in [-0.1, -0.05) is 59.8 Å². The lowest BCUT2D eigenvalue weighted by molar-refractivity contribution is -0.128.